The van der Waals surface area contributed by atoms with Gasteiger partial charge in [0.15, 0.2) is 5.90 Å². The third kappa shape index (κ3) is 9.69. The van der Waals surface area contributed by atoms with Gasteiger partial charge >= 0.3 is 0 Å². The third-order valence-electron chi connectivity index (χ3n) is 3.92. The molecule has 0 aliphatic carbocycles. The second kappa shape index (κ2) is 13.8. The first-order valence-electron chi connectivity index (χ1n) is 10.2. The summed E-state index contributed by atoms with van der Waals surface area (Å²) in [6.45, 7) is 5.00. The number of ether oxygens (including phenoxy) is 1. The normalized spacial score (nSPS) is 11.8. The van der Waals surface area contributed by atoms with E-state index in [4.69, 9.17) is 9.73 Å². The number of rotatable bonds is 11. The Kier molecular flexibility index (Phi) is 10.8. The van der Waals surface area contributed by atoms with Gasteiger partial charge in [0.05, 0.1) is 16.9 Å². The number of aliphatic imine (C=N–C) groups is 1. The molecule has 0 spiro atoms. The monoisotopic (exact) mass is 485 g/mol. The Morgan fingerprint density at radius 1 is 0.742 bits per heavy atom. The minimum absolute atomic E-state index is 0.282. The fourth-order valence-electron chi connectivity index (χ4n) is 2.44. The van der Waals surface area contributed by atoms with Crippen molar-refractivity contribution in [1.29, 1.82) is 0 Å². The molecule has 6 heteroatoms. The molecule has 0 unspecified atom stereocenters. The number of nitrogens with zero attached hydrogens (tertiary/aromatic N) is 1. The SMILES string of the molecule is CC(C)CO/C(CC(SSc1ccccc1)SSc1ccccc1)=N\c1ccccc1. The van der Waals surface area contributed by atoms with Crippen LogP contribution in [0.5, 0.6) is 0 Å². The summed E-state index contributed by atoms with van der Waals surface area (Å²) in [5.74, 6) is 1.25. The van der Waals surface area contributed by atoms with E-state index >= 15 is 0 Å². The van der Waals surface area contributed by atoms with E-state index in [9.17, 15) is 0 Å². The van der Waals surface area contributed by atoms with Crippen LogP contribution < -0.4 is 0 Å². The molecule has 0 aromatic heterocycles. The molecule has 0 bridgehead atoms. The average Bonchev–Trinajstić information content (AvgIpc) is 2.81. The summed E-state index contributed by atoms with van der Waals surface area (Å²) in [6, 6.07) is 31.1. The number of hydrogen-bond acceptors (Lipinski definition) is 6. The largest absolute Gasteiger partial charge is 0.480 e. The van der Waals surface area contributed by atoms with Gasteiger partial charge in [0.25, 0.3) is 0 Å². The van der Waals surface area contributed by atoms with Crippen LogP contribution in [0.3, 0.4) is 0 Å². The number of para-hydroxylation sites is 1. The first kappa shape index (κ1) is 24.2. The molecule has 3 aromatic rings. The number of hydrogen-bond donors (Lipinski definition) is 0. The van der Waals surface area contributed by atoms with Crippen molar-refractivity contribution in [2.75, 3.05) is 6.61 Å². The molecule has 0 heterocycles. The zero-order valence-electron chi connectivity index (χ0n) is 17.7. The molecule has 31 heavy (non-hydrogen) atoms. The Labute approximate surface area is 201 Å². The van der Waals surface area contributed by atoms with Crippen molar-refractivity contribution < 1.29 is 4.74 Å². The van der Waals surface area contributed by atoms with Crippen molar-refractivity contribution in [2.45, 2.75) is 34.6 Å². The van der Waals surface area contributed by atoms with E-state index in [1.807, 2.05) is 73.5 Å². The smallest absolute Gasteiger partial charge is 0.190 e. The molecule has 3 aromatic carbocycles. The standard InChI is InChI=1S/C25H27NOS4/c1-20(2)19-27-24(26-21-12-6-3-7-13-21)18-25(30-28-22-14-8-4-9-15-22)31-29-23-16-10-5-11-17-23/h3-17,20,25H,18-19H2,1-2H3/b26-24-. The molecular formula is C25H27NOS4. The van der Waals surface area contributed by atoms with Gasteiger partial charge in [-0.05, 0) is 42.3 Å². The van der Waals surface area contributed by atoms with Crippen molar-refractivity contribution in [2.24, 2.45) is 10.9 Å². The Morgan fingerprint density at radius 2 is 1.23 bits per heavy atom. The van der Waals surface area contributed by atoms with Crippen LogP contribution in [-0.4, -0.2) is 17.1 Å². The molecule has 0 amide bonds. The Balaban J connectivity index is 1.72. The van der Waals surface area contributed by atoms with E-state index in [-0.39, 0.29) is 4.58 Å². The maximum Gasteiger partial charge on any atom is 0.190 e. The van der Waals surface area contributed by atoms with Gasteiger partial charge in [0, 0.05) is 16.2 Å². The third-order valence-corrected chi connectivity index (χ3v) is 10.2. The van der Waals surface area contributed by atoms with Gasteiger partial charge in [-0.2, -0.15) is 0 Å². The van der Waals surface area contributed by atoms with Crippen LogP contribution in [0.4, 0.5) is 5.69 Å². The highest BCUT2D eigenvalue weighted by Gasteiger charge is 2.18. The molecular weight excluding hydrogens is 459 g/mol. The molecule has 0 atom stereocenters. The first-order chi connectivity index (χ1) is 15.2. The van der Waals surface area contributed by atoms with Crippen LogP contribution in [0.15, 0.2) is 106 Å². The van der Waals surface area contributed by atoms with Crippen LogP contribution >= 0.6 is 43.2 Å². The lowest BCUT2D eigenvalue weighted by Gasteiger charge is -2.18. The average molecular weight is 486 g/mol. The van der Waals surface area contributed by atoms with Gasteiger partial charge in [-0.25, -0.2) is 4.99 Å². The molecule has 3 rings (SSSR count). The number of benzene rings is 3. The molecule has 0 aliphatic rings. The molecule has 2 nitrogen and oxygen atoms in total. The molecule has 0 N–H and O–H groups in total. The lowest BCUT2D eigenvalue weighted by atomic mass is 10.2. The highest BCUT2D eigenvalue weighted by molar-refractivity contribution is 8.85. The zero-order chi connectivity index (χ0) is 21.7. The summed E-state index contributed by atoms with van der Waals surface area (Å²) in [7, 11) is 7.35. The molecule has 162 valence electrons. The summed E-state index contributed by atoms with van der Waals surface area (Å²) in [6.07, 6.45) is 0.761. The minimum Gasteiger partial charge on any atom is -0.480 e. The van der Waals surface area contributed by atoms with E-state index in [0.717, 1.165) is 18.0 Å². The summed E-state index contributed by atoms with van der Waals surface area (Å²) in [5, 5.41) is 0. The van der Waals surface area contributed by atoms with Gasteiger partial charge < -0.3 is 4.74 Å². The van der Waals surface area contributed by atoms with E-state index in [0.29, 0.717) is 12.5 Å². The highest BCUT2D eigenvalue weighted by Crippen LogP contribution is 2.47. The minimum atomic E-state index is 0.282. The van der Waals surface area contributed by atoms with Crippen LogP contribution in [0.1, 0.15) is 20.3 Å². The van der Waals surface area contributed by atoms with E-state index in [1.165, 1.54) is 9.79 Å². The predicted octanol–water partition coefficient (Wildman–Crippen LogP) is 8.99. The topological polar surface area (TPSA) is 21.6 Å². The second-order valence-corrected chi connectivity index (χ2v) is 12.4. The van der Waals surface area contributed by atoms with Crippen LogP contribution in [0, 0.1) is 5.92 Å². The Hall–Kier alpha value is -1.47. The van der Waals surface area contributed by atoms with E-state index < -0.39 is 0 Å². The fraction of sp³-hybridized carbons (Fsp3) is 0.240. The van der Waals surface area contributed by atoms with E-state index in [1.54, 1.807) is 0 Å². The van der Waals surface area contributed by atoms with Crippen molar-refractivity contribution in [3.63, 3.8) is 0 Å². The van der Waals surface area contributed by atoms with Crippen molar-refractivity contribution in [3.05, 3.63) is 91.0 Å². The van der Waals surface area contributed by atoms with Gasteiger partial charge in [-0.15, -0.1) is 0 Å². The van der Waals surface area contributed by atoms with Gasteiger partial charge in [-0.1, -0.05) is 112 Å². The Morgan fingerprint density at radius 3 is 1.71 bits per heavy atom. The summed E-state index contributed by atoms with van der Waals surface area (Å²) >= 11 is 0. The molecule has 0 aliphatic heterocycles. The summed E-state index contributed by atoms with van der Waals surface area (Å²) in [5.41, 5.74) is 0.932. The Bertz CT molecular complexity index is 861. The van der Waals surface area contributed by atoms with Crippen molar-refractivity contribution in [3.8, 4) is 0 Å². The van der Waals surface area contributed by atoms with Crippen LogP contribution in [0.2, 0.25) is 0 Å². The second-order valence-electron chi connectivity index (χ2n) is 7.16. The van der Waals surface area contributed by atoms with Gasteiger partial charge in [-0.3, -0.25) is 0 Å². The molecule has 0 saturated heterocycles. The fourth-order valence-corrected chi connectivity index (χ4v) is 8.21. The van der Waals surface area contributed by atoms with Gasteiger partial charge in [0.1, 0.15) is 0 Å². The highest BCUT2D eigenvalue weighted by atomic mass is 33.1. The quantitative estimate of drug-likeness (QED) is 0.117. The van der Waals surface area contributed by atoms with Crippen LogP contribution in [-0.2, 0) is 4.74 Å². The summed E-state index contributed by atoms with van der Waals surface area (Å²) < 4.78 is 6.43. The van der Waals surface area contributed by atoms with Crippen LogP contribution in [0.25, 0.3) is 0 Å². The molecule has 0 fully saturated rings. The predicted molar refractivity (Wildman–Crippen MR) is 143 cm³/mol. The van der Waals surface area contributed by atoms with Crippen molar-refractivity contribution >= 4 is 54.8 Å². The van der Waals surface area contributed by atoms with E-state index in [2.05, 4.69) is 74.5 Å². The molecule has 0 saturated carbocycles. The maximum absolute atomic E-state index is 6.15. The molecule has 0 radical (unpaired) electrons. The maximum atomic E-state index is 6.15. The first-order valence-corrected chi connectivity index (χ1v) is 14.6. The lowest BCUT2D eigenvalue weighted by Crippen LogP contribution is -2.14. The van der Waals surface area contributed by atoms with Gasteiger partial charge in [0.2, 0.25) is 0 Å². The zero-order valence-corrected chi connectivity index (χ0v) is 21.0. The van der Waals surface area contributed by atoms with Crippen molar-refractivity contribution in [1.82, 2.24) is 0 Å². The summed E-state index contributed by atoms with van der Waals surface area (Å²) in [4.78, 5) is 7.34. The lowest BCUT2D eigenvalue weighted by molar-refractivity contribution is 0.253.